The fraction of sp³-hybridized carbons (Fsp3) is 0.208. The van der Waals surface area contributed by atoms with Gasteiger partial charge in [0.15, 0.2) is 0 Å². The summed E-state index contributed by atoms with van der Waals surface area (Å²) in [5, 5.41) is 10.8. The first-order valence-corrected chi connectivity index (χ1v) is 10.3. The molecule has 4 heterocycles. The summed E-state index contributed by atoms with van der Waals surface area (Å²) in [6, 6.07) is 12.9. The zero-order valence-electron chi connectivity index (χ0n) is 18.5. The van der Waals surface area contributed by atoms with E-state index in [2.05, 4.69) is 51.5 Å². The molecule has 32 heavy (non-hydrogen) atoms. The summed E-state index contributed by atoms with van der Waals surface area (Å²) in [7, 11) is 1.80. The smallest absolute Gasteiger partial charge is 0.274 e. The highest BCUT2D eigenvalue weighted by atomic mass is 16.1. The van der Waals surface area contributed by atoms with Gasteiger partial charge >= 0.3 is 0 Å². The molecule has 0 saturated carbocycles. The molecule has 0 atom stereocenters. The number of rotatable bonds is 5. The third kappa shape index (κ3) is 4.97. The van der Waals surface area contributed by atoms with Crippen LogP contribution in [0.15, 0.2) is 67.3 Å². The van der Waals surface area contributed by atoms with E-state index in [1.165, 1.54) is 0 Å². The molecule has 0 aliphatic rings. The van der Waals surface area contributed by atoms with Crippen molar-refractivity contribution >= 4 is 17.3 Å². The molecule has 1 amide bonds. The molecule has 8 heteroatoms. The van der Waals surface area contributed by atoms with Crippen molar-refractivity contribution in [1.29, 1.82) is 0 Å². The van der Waals surface area contributed by atoms with Crippen molar-refractivity contribution in [3.05, 3.63) is 72.9 Å². The molecular weight excluding hydrogens is 402 g/mol. The summed E-state index contributed by atoms with van der Waals surface area (Å²) in [6.45, 7) is 6.25. The number of nitrogens with zero attached hydrogens (tertiary/aromatic N) is 5. The zero-order valence-corrected chi connectivity index (χ0v) is 18.5. The summed E-state index contributed by atoms with van der Waals surface area (Å²) in [5.41, 5.74) is 4.44. The summed E-state index contributed by atoms with van der Waals surface area (Å²) in [6.07, 6.45) is 6.94. The van der Waals surface area contributed by atoms with Crippen LogP contribution in [-0.4, -0.2) is 36.2 Å². The van der Waals surface area contributed by atoms with Gasteiger partial charge in [-0.15, -0.1) is 0 Å². The molecule has 0 spiro atoms. The average molecular weight is 428 g/mol. The number of nitrogens with one attached hydrogen (secondary N) is 2. The SMILES string of the molecule is Cn1cc(NC(=O)c2cccc(-c3cncc(NC(C)(C)C)c3)n2)c(-c2ccccn2)n1. The summed E-state index contributed by atoms with van der Waals surface area (Å²) in [4.78, 5) is 26.2. The predicted molar refractivity (Wildman–Crippen MR) is 125 cm³/mol. The Hall–Kier alpha value is -4.07. The van der Waals surface area contributed by atoms with Crippen molar-refractivity contribution in [2.75, 3.05) is 10.6 Å². The van der Waals surface area contributed by atoms with Crippen molar-refractivity contribution in [2.24, 2.45) is 7.05 Å². The van der Waals surface area contributed by atoms with E-state index >= 15 is 0 Å². The highest BCUT2D eigenvalue weighted by Crippen LogP contribution is 2.25. The minimum Gasteiger partial charge on any atom is -0.379 e. The number of aryl methyl sites for hydroxylation is 1. The van der Waals surface area contributed by atoms with Gasteiger partial charge in [0.2, 0.25) is 0 Å². The molecule has 0 bridgehead atoms. The van der Waals surface area contributed by atoms with Crippen LogP contribution in [0.4, 0.5) is 11.4 Å². The first-order valence-electron chi connectivity index (χ1n) is 10.3. The first-order chi connectivity index (χ1) is 15.3. The fourth-order valence-corrected chi connectivity index (χ4v) is 3.26. The minimum atomic E-state index is -0.325. The minimum absolute atomic E-state index is 0.0928. The third-order valence-electron chi connectivity index (χ3n) is 4.52. The van der Waals surface area contributed by atoms with E-state index in [-0.39, 0.29) is 11.4 Å². The Balaban J connectivity index is 1.59. The van der Waals surface area contributed by atoms with Gasteiger partial charge in [0.1, 0.15) is 11.4 Å². The number of amides is 1. The molecule has 0 fully saturated rings. The molecule has 2 N–H and O–H groups in total. The van der Waals surface area contributed by atoms with Gasteiger partial charge in [-0.25, -0.2) is 4.98 Å². The third-order valence-corrected chi connectivity index (χ3v) is 4.52. The second kappa shape index (κ2) is 8.58. The Morgan fingerprint density at radius 2 is 1.84 bits per heavy atom. The van der Waals surface area contributed by atoms with Crippen molar-refractivity contribution in [3.8, 4) is 22.6 Å². The van der Waals surface area contributed by atoms with Gasteiger partial charge in [0.25, 0.3) is 5.91 Å². The van der Waals surface area contributed by atoms with E-state index in [0.29, 0.717) is 28.5 Å². The van der Waals surface area contributed by atoms with Crippen molar-refractivity contribution in [1.82, 2.24) is 24.7 Å². The molecule has 0 aliphatic carbocycles. The van der Waals surface area contributed by atoms with Crippen LogP contribution in [0.25, 0.3) is 22.6 Å². The van der Waals surface area contributed by atoms with Gasteiger partial charge in [-0.3, -0.25) is 19.4 Å². The van der Waals surface area contributed by atoms with Crippen LogP contribution in [0.5, 0.6) is 0 Å². The number of carbonyl (C=O) groups is 1. The van der Waals surface area contributed by atoms with Gasteiger partial charge < -0.3 is 10.6 Å². The molecular formula is C24H25N7O. The van der Waals surface area contributed by atoms with Crippen LogP contribution in [-0.2, 0) is 7.05 Å². The maximum atomic E-state index is 13.0. The normalized spacial score (nSPS) is 11.2. The number of hydrogen-bond acceptors (Lipinski definition) is 6. The summed E-state index contributed by atoms with van der Waals surface area (Å²) >= 11 is 0. The van der Waals surface area contributed by atoms with E-state index in [9.17, 15) is 4.79 Å². The van der Waals surface area contributed by atoms with Crippen LogP contribution >= 0.6 is 0 Å². The molecule has 0 unspecified atom stereocenters. The molecule has 8 nitrogen and oxygen atoms in total. The number of anilines is 2. The number of hydrogen-bond donors (Lipinski definition) is 2. The average Bonchev–Trinajstić information content (AvgIpc) is 3.13. The van der Waals surface area contributed by atoms with E-state index in [1.807, 2.05) is 36.4 Å². The maximum absolute atomic E-state index is 13.0. The van der Waals surface area contributed by atoms with E-state index in [0.717, 1.165) is 11.3 Å². The Labute approximate surface area is 186 Å². The highest BCUT2D eigenvalue weighted by molar-refractivity contribution is 6.04. The van der Waals surface area contributed by atoms with Gasteiger partial charge in [-0.05, 0) is 51.1 Å². The van der Waals surface area contributed by atoms with Gasteiger partial charge in [0, 0.05) is 42.9 Å². The van der Waals surface area contributed by atoms with Gasteiger partial charge in [0.05, 0.1) is 22.8 Å². The van der Waals surface area contributed by atoms with Crippen LogP contribution in [0.2, 0.25) is 0 Å². The number of pyridine rings is 3. The van der Waals surface area contributed by atoms with Crippen LogP contribution in [0.3, 0.4) is 0 Å². The Kier molecular flexibility index (Phi) is 5.68. The lowest BCUT2D eigenvalue weighted by Crippen LogP contribution is -2.26. The highest BCUT2D eigenvalue weighted by Gasteiger charge is 2.17. The summed E-state index contributed by atoms with van der Waals surface area (Å²) < 4.78 is 1.64. The second-order valence-corrected chi connectivity index (χ2v) is 8.48. The Morgan fingerprint density at radius 1 is 1.03 bits per heavy atom. The zero-order chi connectivity index (χ0) is 22.7. The molecule has 4 rings (SSSR count). The largest absolute Gasteiger partial charge is 0.379 e. The monoisotopic (exact) mass is 427 g/mol. The molecule has 162 valence electrons. The second-order valence-electron chi connectivity index (χ2n) is 8.48. The van der Waals surface area contributed by atoms with Crippen molar-refractivity contribution in [2.45, 2.75) is 26.3 Å². The lowest BCUT2D eigenvalue weighted by molar-refractivity contribution is 0.102. The molecule has 0 saturated heterocycles. The standard InChI is InChI=1S/C24H25N7O/c1-24(2,3)29-17-12-16(13-25-14-17)18-9-7-10-20(27-18)23(32)28-21-15-31(4)30-22(21)19-8-5-6-11-26-19/h5-15,29H,1-4H3,(H,28,32). The van der Waals surface area contributed by atoms with Gasteiger partial charge in [-0.2, -0.15) is 5.10 Å². The lowest BCUT2D eigenvalue weighted by Gasteiger charge is -2.22. The van der Waals surface area contributed by atoms with Crippen LogP contribution < -0.4 is 10.6 Å². The van der Waals surface area contributed by atoms with Crippen molar-refractivity contribution in [3.63, 3.8) is 0 Å². The molecule has 4 aromatic heterocycles. The molecule has 4 aromatic rings. The van der Waals surface area contributed by atoms with E-state index < -0.39 is 0 Å². The van der Waals surface area contributed by atoms with Crippen LogP contribution in [0.1, 0.15) is 31.3 Å². The van der Waals surface area contributed by atoms with Crippen molar-refractivity contribution < 1.29 is 4.79 Å². The fourth-order valence-electron chi connectivity index (χ4n) is 3.26. The predicted octanol–water partition coefficient (Wildman–Crippen LogP) is 4.40. The number of carbonyl (C=O) groups excluding carboxylic acids is 1. The van der Waals surface area contributed by atoms with E-state index in [4.69, 9.17) is 0 Å². The van der Waals surface area contributed by atoms with E-state index in [1.54, 1.807) is 42.6 Å². The quantitative estimate of drug-likeness (QED) is 0.490. The Bertz CT molecular complexity index is 1240. The lowest BCUT2D eigenvalue weighted by atomic mass is 10.1. The van der Waals surface area contributed by atoms with Crippen LogP contribution in [0, 0.1) is 0 Å². The number of aromatic nitrogens is 5. The maximum Gasteiger partial charge on any atom is 0.274 e. The summed E-state index contributed by atoms with van der Waals surface area (Å²) in [5.74, 6) is -0.325. The molecule has 0 aromatic carbocycles. The Morgan fingerprint density at radius 3 is 2.59 bits per heavy atom. The topological polar surface area (TPSA) is 97.6 Å². The first kappa shape index (κ1) is 21.2. The van der Waals surface area contributed by atoms with Gasteiger partial charge in [-0.1, -0.05) is 12.1 Å². The molecule has 0 aliphatic heterocycles. The molecule has 0 radical (unpaired) electrons.